The number of benzene rings is 1. The van der Waals surface area contributed by atoms with Crippen LogP contribution in [0.5, 0.6) is 5.75 Å². The molecule has 25 heavy (non-hydrogen) atoms. The van der Waals surface area contributed by atoms with Crippen LogP contribution >= 0.6 is 0 Å². The lowest BCUT2D eigenvalue weighted by Gasteiger charge is -2.28. The van der Waals surface area contributed by atoms with Crippen LogP contribution in [0.15, 0.2) is 24.3 Å². The molecular weight excluding hydrogens is 318 g/mol. The molecule has 1 heterocycles. The third kappa shape index (κ3) is 4.72. The van der Waals surface area contributed by atoms with Crippen molar-refractivity contribution >= 4 is 11.8 Å². The molecule has 0 radical (unpaired) electrons. The first kappa shape index (κ1) is 19.2. The molecule has 6 heteroatoms. The van der Waals surface area contributed by atoms with Crippen LogP contribution in [0.2, 0.25) is 0 Å². The summed E-state index contributed by atoms with van der Waals surface area (Å²) in [6.07, 6.45) is 2.22. The van der Waals surface area contributed by atoms with E-state index in [-0.39, 0.29) is 30.2 Å². The number of hydrogen-bond donors (Lipinski definition) is 2. The monoisotopic (exact) mass is 347 g/mol. The van der Waals surface area contributed by atoms with E-state index in [0.29, 0.717) is 19.6 Å². The summed E-state index contributed by atoms with van der Waals surface area (Å²) in [5, 5.41) is 5.95. The van der Waals surface area contributed by atoms with Gasteiger partial charge in [0, 0.05) is 26.1 Å². The van der Waals surface area contributed by atoms with Gasteiger partial charge in [-0.3, -0.25) is 9.59 Å². The number of carbonyl (C=O) groups excluding carboxylic acids is 2. The Balaban J connectivity index is 2.23. The molecule has 1 aromatic rings. The van der Waals surface area contributed by atoms with Gasteiger partial charge in [0.1, 0.15) is 5.75 Å². The van der Waals surface area contributed by atoms with Crippen LogP contribution in [-0.4, -0.2) is 50.5 Å². The van der Waals surface area contributed by atoms with Crippen LogP contribution in [0.3, 0.4) is 0 Å². The number of rotatable bonds is 9. The number of ether oxygens (including phenoxy) is 1. The van der Waals surface area contributed by atoms with Gasteiger partial charge < -0.3 is 20.3 Å². The second-order valence-electron chi connectivity index (χ2n) is 6.36. The minimum atomic E-state index is -0.352. The van der Waals surface area contributed by atoms with E-state index in [1.54, 1.807) is 7.11 Å². The molecule has 1 saturated heterocycles. The van der Waals surface area contributed by atoms with Crippen molar-refractivity contribution in [1.29, 1.82) is 0 Å². The predicted molar refractivity (Wildman–Crippen MR) is 97.4 cm³/mol. The molecule has 0 aromatic heterocycles. The van der Waals surface area contributed by atoms with E-state index in [9.17, 15) is 9.59 Å². The van der Waals surface area contributed by atoms with Gasteiger partial charge in [0.2, 0.25) is 11.8 Å². The largest absolute Gasteiger partial charge is 0.497 e. The third-order valence-electron chi connectivity index (χ3n) is 4.65. The molecule has 0 spiro atoms. The number of unbranched alkanes of at least 4 members (excludes halogenated alkanes) is 1. The zero-order chi connectivity index (χ0) is 18.2. The highest BCUT2D eigenvalue weighted by molar-refractivity contribution is 5.90. The first-order chi connectivity index (χ1) is 12.1. The quantitative estimate of drug-likeness (QED) is 0.667. The first-order valence-electron chi connectivity index (χ1n) is 8.98. The Morgan fingerprint density at radius 1 is 1.28 bits per heavy atom. The summed E-state index contributed by atoms with van der Waals surface area (Å²) in [7, 11) is 3.47. The highest BCUT2D eigenvalue weighted by Crippen LogP contribution is 2.39. The summed E-state index contributed by atoms with van der Waals surface area (Å²) in [6, 6.07) is 7.46. The lowest BCUT2D eigenvalue weighted by molar-refractivity contribution is -0.129. The number of carbonyl (C=O) groups is 2. The lowest BCUT2D eigenvalue weighted by Crippen LogP contribution is -2.38. The summed E-state index contributed by atoms with van der Waals surface area (Å²) in [5.41, 5.74) is 0.983. The third-order valence-corrected chi connectivity index (χ3v) is 4.65. The van der Waals surface area contributed by atoms with Crippen LogP contribution < -0.4 is 15.4 Å². The summed E-state index contributed by atoms with van der Waals surface area (Å²) in [5.74, 6) is 0.421. The highest BCUT2D eigenvalue weighted by atomic mass is 16.5. The molecule has 138 valence electrons. The molecule has 6 nitrogen and oxygen atoms in total. The SMILES string of the molecule is CCCCN1C(=O)CC(C(=O)NCCNC)C1c1ccc(OC)cc1. The summed E-state index contributed by atoms with van der Waals surface area (Å²) < 4.78 is 5.22. The molecule has 1 fully saturated rings. The Hall–Kier alpha value is -2.08. The number of likely N-dealkylation sites (tertiary alicyclic amines) is 1. The maximum atomic E-state index is 12.6. The number of nitrogens with one attached hydrogen (secondary N) is 2. The Labute approximate surface area is 149 Å². The van der Waals surface area contributed by atoms with Crippen molar-refractivity contribution < 1.29 is 14.3 Å². The van der Waals surface area contributed by atoms with E-state index in [0.717, 1.165) is 24.2 Å². The molecule has 0 saturated carbocycles. The van der Waals surface area contributed by atoms with Gasteiger partial charge >= 0.3 is 0 Å². The van der Waals surface area contributed by atoms with Gasteiger partial charge in [0.05, 0.1) is 19.1 Å². The Bertz CT molecular complexity index is 574. The number of nitrogens with zero attached hydrogens (tertiary/aromatic N) is 1. The summed E-state index contributed by atoms with van der Waals surface area (Å²) >= 11 is 0. The minimum absolute atomic E-state index is 0.0524. The van der Waals surface area contributed by atoms with E-state index in [4.69, 9.17) is 4.74 Å². The molecule has 0 bridgehead atoms. The van der Waals surface area contributed by atoms with E-state index in [2.05, 4.69) is 17.6 Å². The number of methoxy groups -OCH3 is 1. The van der Waals surface area contributed by atoms with Crippen LogP contribution in [0, 0.1) is 5.92 Å². The molecule has 2 amide bonds. The normalized spacial score (nSPS) is 20.0. The second kappa shape index (κ2) is 9.42. The molecule has 2 rings (SSSR count). The van der Waals surface area contributed by atoms with Crippen LogP contribution in [0.4, 0.5) is 0 Å². The van der Waals surface area contributed by atoms with Gasteiger partial charge in [-0.25, -0.2) is 0 Å². The number of likely N-dealkylation sites (N-methyl/N-ethyl adjacent to an activating group) is 1. The Morgan fingerprint density at radius 3 is 2.60 bits per heavy atom. The molecule has 0 aliphatic carbocycles. The van der Waals surface area contributed by atoms with Gasteiger partial charge in [-0.05, 0) is 31.2 Å². The van der Waals surface area contributed by atoms with E-state index in [1.807, 2.05) is 36.2 Å². The fourth-order valence-corrected chi connectivity index (χ4v) is 3.27. The molecule has 1 aromatic carbocycles. The van der Waals surface area contributed by atoms with Crippen molar-refractivity contribution in [2.24, 2.45) is 5.92 Å². The van der Waals surface area contributed by atoms with E-state index in [1.165, 1.54) is 0 Å². The minimum Gasteiger partial charge on any atom is -0.497 e. The fraction of sp³-hybridized carbons (Fsp3) is 0.579. The van der Waals surface area contributed by atoms with Crippen LogP contribution in [-0.2, 0) is 9.59 Å². The Morgan fingerprint density at radius 2 is 2.00 bits per heavy atom. The molecular formula is C19H29N3O3. The molecule has 1 aliphatic rings. The number of amides is 2. The van der Waals surface area contributed by atoms with Crippen LogP contribution in [0.25, 0.3) is 0 Å². The van der Waals surface area contributed by atoms with Crippen molar-refractivity contribution in [2.75, 3.05) is 33.8 Å². The lowest BCUT2D eigenvalue weighted by atomic mass is 9.92. The van der Waals surface area contributed by atoms with Crippen molar-refractivity contribution in [3.8, 4) is 5.75 Å². The van der Waals surface area contributed by atoms with Gasteiger partial charge in [-0.1, -0.05) is 25.5 Å². The molecule has 2 unspecified atom stereocenters. The van der Waals surface area contributed by atoms with Crippen molar-refractivity contribution in [2.45, 2.75) is 32.2 Å². The Kier molecular flexibility index (Phi) is 7.25. The molecule has 2 atom stereocenters. The van der Waals surface area contributed by atoms with Crippen molar-refractivity contribution in [3.05, 3.63) is 29.8 Å². The molecule has 2 N–H and O–H groups in total. The van der Waals surface area contributed by atoms with Crippen LogP contribution in [0.1, 0.15) is 37.8 Å². The topological polar surface area (TPSA) is 70.7 Å². The average Bonchev–Trinajstić information content (AvgIpc) is 2.96. The maximum Gasteiger partial charge on any atom is 0.226 e. The van der Waals surface area contributed by atoms with Gasteiger partial charge in [0.15, 0.2) is 0 Å². The highest BCUT2D eigenvalue weighted by Gasteiger charge is 2.43. The second-order valence-corrected chi connectivity index (χ2v) is 6.36. The fourth-order valence-electron chi connectivity index (χ4n) is 3.27. The van der Waals surface area contributed by atoms with E-state index < -0.39 is 0 Å². The summed E-state index contributed by atoms with van der Waals surface area (Å²) in [4.78, 5) is 27.1. The molecule has 1 aliphatic heterocycles. The van der Waals surface area contributed by atoms with Crippen molar-refractivity contribution in [3.63, 3.8) is 0 Å². The smallest absolute Gasteiger partial charge is 0.226 e. The standard InChI is InChI=1S/C19H29N3O3/c1-4-5-12-22-17(23)13-16(19(24)21-11-10-20-2)18(22)14-6-8-15(25-3)9-7-14/h6-9,16,18,20H,4-5,10-13H2,1-3H3,(H,21,24). The zero-order valence-corrected chi connectivity index (χ0v) is 15.4. The zero-order valence-electron chi connectivity index (χ0n) is 15.4. The van der Waals surface area contributed by atoms with Gasteiger partial charge in [0.25, 0.3) is 0 Å². The maximum absolute atomic E-state index is 12.6. The summed E-state index contributed by atoms with van der Waals surface area (Å²) in [6.45, 7) is 4.06. The van der Waals surface area contributed by atoms with Crippen molar-refractivity contribution in [1.82, 2.24) is 15.5 Å². The van der Waals surface area contributed by atoms with Gasteiger partial charge in [-0.2, -0.15) is 0 Å². The first-order valence-corrected chi connectivity index (χ1v) is 8.98. The van der Waals surface area contributed by atoms with Gasteiger partial charge in [-0.15, -0.1) is 0 Å². The van der Waals surface area contributed by atoms with E-state index >= 15 is 0 Å². The average molecular weight is 347 g/mol. The predicted octanol–water partition coefficient (Wildman–Crippen LogP) is 1.72. The number of hydrogen-bond acceptors (Lipinski definition) is 4.